The first-order chi connectivity index (χ1) is 9.56. The fourth-order valence-corrected chi connectivity index (χ4v) is 2.57. The molecule has 0 spiro atoms. The van der Waals surface area contributed by atoms with Gasteiger partial charge in [0.25, 0.3) is 0 Å². The number of benzene rings is 1. The molecule has 4 heteroatoms. The van der Waals surface area contributed by atoms with Gasteiger partial charge >= 0.3 is 5.97 Å². The number of carboxylic acids is 1. The normalized spacial score (nSPS) is 18.9. The molecule has 0 bridgehead atoms. The Balaban J connectivity index is 1.85. The predicted octanol–water partition coefficient (Wildman–Crippen LogP) is 2.25. The van der Waals surface area contributed by atoms with E-state index in [4.69, 9.17) is 5.11 Å². The first kappa shape index (κ1) is 14.6. The van der Waals surface area contributed by atoms with Crippen LogP contribution < -0.4 is 0 Å². The fourth-order valence-electron chi connectivity index (χ4n) is 2.57. The number of aliphatic carboxylic acids is 1. The van der Waals surface area contributed by atoms with Gasteiger partial charge in [-0.25, -0.2) is 0 Å². The second-order valence-electron chi connectivity index (χ2n) is 5.50. The summed E-state index contributed by atoms with van der Waals surface area (Å²) in [6.07, 6.45) is 2.63. The lowest BCUT2D eigenvalue weighted by atomic mass is 9.97. The van der Waals surface area contributed by atoms with E-state index in [2.05, 4.69) is 0 Å². The number of carbonyl (C=O) groups is 2. The van der Waals surface area contributed by atoms with Crippen molar-refractivity contribution in [3.05, 3.63) is 35.4 Å². The molecule has 1 aliphatic heterocycles. The Morgan fingerprint density at radius 3 is 2.65 bits per heavy atom. The van der Waals surface area contributed by atoms with Crippen LogP contribution in [0.1, 0.15) is 30.4 Å². The van der Waals surface area contributed by atoms with Crippen molar-refractivity contribution in [2.24, 2.45) is 5.92 Å². The number of carboxylic acid groups (broad SMARTS) is 1. The Hall–Kier alpha value is -1.84. The summed E-state index contributed by atoms with van der Waals surface area (Å²) in [7, 11) is 0. The summed E-state index contributed by atoms with van der Waals surface area (Å²) in [4.78, 5) is 24.8. The third-order valence-electron chi connectivity index (χ3n) is 3.87. The Labute approximate surface area is 119 Å². The molecular formula is C16H21NO3. The van der Waals surface area contributed by atoms with Gasteiger partial charge in [0.15, 0.2) is 0 Å². The van der Waals surface area contributed by atoms with Gasteiger partial charge in [-0.3, -0.25) is 9.59 Å². The summed E-state index contributed by atoms with van der Waals surface area (Å²) in [5.41, 5.74) is 2.36. The number of aryl methyl sites for hydroxylation is 2. The van der Waals surface area contributed by atoms with Crippen molar-refractivity contribution in [1.29, 1.82) is 0 Å². The smallest absolute Gasteiger partial charge is 0.308 e. The van der Waals surface area contributed by atoms with Crippen molar-refractivity contribution >= 4 is 11.9 Å². The van der Waals surface area contributed by atoms with Crippen LogP contribution in [0, 0.1) is 12.8 Å². The molecule has 1 heterocycles. The van der Waals surface area contributed by atoms with Gasteiger partial charge in [-0.1, -0.05) is 29.8 Å². The van der Waals surface area contributed by atoms with Gasteiger partial charge in [0.05, 0.1) is 5.92 Å². The number of hydrogen-bond acceptors (Lipinski definition) is 2. The summed E-state index contributed by atoms with van der Waals surface area (Å²) in [5.74, 6) is -1.12. The summed E-state index contributed by atoms with van der Waals surface area (Å²) >= 11 is 0. The van der Waals surface area contributed by atoms with E-state index < -0.39 is 11.9 Å². The largest absolute Gasteiger partial charge is 0.481 e. The van der Waals surface area contributed by atoms with E-state index in [0.29, 0.717) is 32.4 Å². The van der Waals surface area contributed by atoms with Crippen molar-refractivity contribution in [3.8, 4) is 0 Å². The van der Waals surface area contributed by atoms with Gasteiger partial charge in [0, 0.05) is 19.5 Å². The second kappa shape index (κ2) is 6.55. The predicted molar refractivity (Wildman–Crippen MR) is 76.4 cm³/mol. The van der Waals surface area contributed by atoms with Crippen LogP contribution in [-0.2, 0) is 16.0 Å². The number of rotatable bonds is 4. The van der Waals surface area contributed by atoms with Crippen LogP contribution in [0.15, 0.2) is 24.3 Å². The highest BCUT2D eigenvalue weighted by Crippen LogP contribution is 2.18. The van der Waals surface area contributed by atoms with Crippen molar-refractivity contribution < 1.29 is 14.7 Å². The number of amides is 1. The number of likely N-dealkylation sites (tertiary alicyclic amines) is 1. The maximum Gasteiger partial charge on any atom is 0.308 e. The van der Waals surface area contributed by atoms with Gasteiger partial charge in [-0.05, 0) is 31.7 Å². The van der Waals surface area contributed by atoms with Crippen LogP contribution in [0.25, 0.3) is 0 Å². The Bertz CT molecular complexity index is 481. The number of hydrogen-bond donors (Lipinski definition) is 1. The quantitative estimate of drug-likeness (QED) is 0.917. The molecule has 4 nitrogen and oxygen atoms in total. The van der Waals surface area contributed by atoms with Crippen LogP contribution >= 0.6 is 0 Å². The molecule has 0 aromatic heterocycles. The fraction of sp³-hybridized carbons (Fsp3) is 0.500. The second-order valence-corrected chi connectivity index (χ2v) is 5.50. The summed E-state index contributed by atoms with van der Waals surface area (Å²) in [6, 6.07) is 8.17. The molecule has 1 fully saturated rings. The van der Waals surface area contributed by atoms with E-state index in [9.17, 15) is 9.59 Å². The molecular weight excluding hydrogens is 254 g/mol. The van der Waals surface area contributed by atoms with Crippen LogP contribution in [-0.4, -0.2) is 35.0 Å². The molecule has 1 aromatic rings. The molecule has 1 N–H and O–H groups in total. The highest BCUT2D eigenvalue weighted by molar-refractivity contribution is 5.78. The topological polar surface area (TPSA) is 57.6 Å². The highest BCUT2D eigenvalue weighted by Gasteiger charge is 2.27. The molecule has 1 saturated heterocycles. The van der Waals surface area contributed by atoms with Gasteiger partial charge in [0.1, 0.15) is 0 Å². The van der Waals surface area contributed by atoms with E-state index in [0.717, 1.165) is 12.0 Å². The summed E-state index contributed by atoms with van der Waals surface area (Å²) in [6.45, 7) is 3.09. The monoisotopic (exact) mass is 275 g/mol. The van der Waals surface area contributed by atoms with Gasteiger partial charge in [0.2, 0.25) is 5.91 Å². The third-order valence-corrected chi connectivity index (χ3v) is 3.87. The maximum absolute atomic E-state index is 12.1. The minimum atomic E-state index is -0.791. The zero-order valence-corrected chi connectivity index (χ0v) is 11.8. The number of carbonyl (C=O) groups excluding carboxylic acids is 1. The standard InChI is InChI=1S/C16H21NO3/c1-12-4-6-13(7-5-12)8-9-15(18)17-10-2-3-14(11-17)16(19)20/h4-7,14H,2-3,8-11H2,1H3,(H,19,20). The minimum absolute atomic E-state index is 0.0662. The van der Waals surface area contributed by atoms with Gasteiger partial charge in [-0.15, -0.1) is 0 Å². The number of piperidine rings is 1. The molecule has 108 valence electrons. The molecule has 2 rings (SSSR count). The lowest BCUT2D eigenvalue weighted by Crippen LogP contribution is -2.42. The first-order valence-corrected chi connectivity index (χ1v) is 7.12. The van der Waals surface area contributed by atoms with Crippen LogP contribution in [0.5, 0.6) is 0 Å². The van der Waals surface area contributed by atoms with E-state index in [1.165, 1.54) is 5.56 Å². The third kappa shape index (κ3) is 3.83. The SMILES string of the molecule is Cc1ccc(CCC(=O)N2CCCC(C(=O)O)C2)cc1. The molecule has 0 aliphatic carbocycles. The van der Waals surface area contributed by atoms with E-state index >= 15 is 0 Å². The number of nitrogens with zero attached hydrogens (tertiary/aromatic N) is 1. The van der Waals surface area contributed by atoms with Gasteiger partial charge in [-0.2, -0.15) is 0 Å². The molecule has 20 heavy (non-hydrogen) atoms. The Kier molecular flexibility index (Phi) is 4.77. The van der Waals surface area contributed by atoms with Crippen molar-refractivity contribution in [2.45, 2.75) is 32.6 Å². The molecule has 1 aromatic carbocycles. The molecule has 1 amide bonds. The molecule has 1 unspecified atom stereocenters. The first-order valence-electron chi connectivity index (χ1n) is 7.12. The molecule has 1 atom stereocenters. The lowest BCUT2D eigenvalue weighted by Gasteiger charge is -2.30. The van der Waals surface area contributed by atoms with E-state index in [1.54, 1.807) is 4.90 Å². The minimum Gasteiger partial charge on any atom is -0.481 e. The Morgan fingerprint density at radius 1 is 1.30 bits per heavy atom. The lowest BCUT2D eigenvalue weighted by molar-refractivity contribution is -0.145. The van der Waals surface area contributed by atoms with Gasteiger partial charge < -0.3 is 10.0 Å². The van der Waals surface area contributed by atoms with Crippen molar-refractivity contribution in [3.63, 3.8) is 0 Å². The average molecular weight is 275 g/mol. The van der Waals surface area contributed by atoms with E-state index in [1.807, 2.05) is 31.2 Å². The maximum atomic E-state index is 12.1. The highest BCUT2D eigenvalue weighted by atomic mass is 16.4. The zero-order chi connectivity index (χ0) is 14.5. The van der Waals surface area contributed by atoms with Crippen LogP contribution in [0.3, 0.4) is 0 Å². The van der Waals surface area contributed by atoms with Crippen LogP contribution in [0.2, 0.25) is 0 Å². The average Bonchev–Trinajstić information content (AvgIpc) is 2.46. The molecule has 0 radical (unpaired) electrons. The van der Waals surface area contributed by atoms with Crippen molar-refractivity contribution in [2.75, 3.05) is 13.1 Å². The summed E-state index contributed by atoms with van der Waals surface area (Å²) in [5, 5.41) is 9.03. The van der Waals surface area contributed by atoms with Crippen molar-refractivity contribution in [1.82, 2.24) is 4.90 Å². The summed E-state index contributed by atoms with van der Waals surface area (Å²) < 4.78 is 0. The molecule has 0 saturated carbocycles. The van der Waals surface area contributed by atoms with Crippen LogP contribution in [0.4, 0.5) is 0 Å². The molecule has 1 aliphatic rings. The van der Waals surface area contributed by atoms with E-state index in [-0.39, 0.29) is 5.91 Å². The Morgan fingerprint density at radius 2 is 2.00 bits per heavy atom. The zero-order valence-electron chi connectivity index (χ0n) is 11.8.